The van der Waals surface area contributed by atoms with Gasteiger partial charge in [-0.15, -0.1) is 0 Å². The third-order valence-corrected chi connectivity index (χ3v) is 3.98. The quantitative estimate of drug-likeness (QED) is 0.612. The van der Waals surface area contributed by atoms with Crippen LogP contribution in [0.3, 0.4) is 0 Å². The first-order valence-electron chi connectivity index (χ1n) is 7.98. The Labute approximate surface area is 156 Å². The van der Waals surface area contributed by atoms with Crippen LogP contribution >= 0.6 is 15.9 Å². The molecule has 0 aliphatic rings. The number of nitrogens with one attached hydrogen (secondary N) is 1. The van der Waals surface area contributed by atoms with Crippen LogP contribution in [0.5, 0.6) is 17.4 Å². The molecule has 1 heterocycles. The Kier molecular flexibility index (Phi) is 6.04. The minimum Gasteiger partial charge on any atom is -0.489 e. The Balaban J connectivity index is 1.65. The van der Waals surface area contributed by atoms with Crippen LogP contribution < -0.4 is 14.8 Å². The second-order valence-electron chi connectivity index (χ2n) is 5.50. The highest BCUT2D eigenvalue weighted by Crippen LogP contribution is 2.27. The molecule has 0 spiro atoms. The van der Waals surface area contributed by atoms with Crippen molar-refractivity contribution >= 4 is 15.9 Å². The number of hydrogen-bond acceptors (Lipinski definition) is 4. The van der Waals surface area contributed by atoms with Gasteiger partial charge in [-0.25, -0.2) is 4.98 Å². The minimum absolute atomic E-state index is 0.543. The summed E-state index contributed by atoms with van der Waals surface area (Å²) in [6.07, 6.45) is 1.73. The Hall–Kier alpha value is -2.37. The van der Waals surface area contributed by atoms with Gasteiger partial charge >= 0.3 is 0 Å². The van der Waals surface area contributed by atoms with Crippen LogP contribution in [0.2, 0.25) is 0 Å². The van der Waals surface area contributed by atoms with Gasteiger partial charge in [-0.3, -0.25) is 0 Å². The molecular formula is C20H19BrN2O2. The van der Waals surface area contributed by atoms with Crippen molar-refractivity contribution in [1.82, 2.24) is 10.3 Å². The van der Waals surface area contributed by atoms with Crippen LogP contribution in [0.25, 0.3) is 0 Å². The zero-order valence-corrected chi connectivity index (χ0v) is 15.5. The monoisotopic (exact) mass is 398 g/mol. The van der Waals surface area contributed by atoms with E-state index in [0.29, 0.717) is 19.0 Å². The molecule has 1 N–H and O–H groups in total. The molecule has 0 aliphatic heterocycles. The maximum atomic E-state index is 5.91. The van der Waals surface area contributed by atoms with E-state index >= 15 is 0 Å². The fourth-order valence-corrected chi connectivity index (χ4v) is 2.71. The average Bonchev–Trinajstić information content (AvgIpc) is 2.64. The van der Waals surface area contributed by atoms with Gasteiger partial charge in [0.1, 0.15) is 18.1 Å². The number of aromatic nitrogens is 1. The largest absolute Gasteiger partial charge is 0.489 e. The number of rotatable bonds is 7. The van der Waals surface area contributed by atoms with Crippen molar-refractivity contribution in [3.8, 4) is 17.4 Å². The summed E-state index contributed by atoms with van der Waals surface area (Å²) in [4.78, 5) is 4.35. The second kappa shape index (κ2) is 8.65. The normalized spacial score (nSPS) is 10.5. The SMILES string of the molecule is CNCc1cc(Br)cnc1Oc1ccc(OCc2ccccc2)cc1. The van der Waals surface area contributed by atoms with Crippen molar-refractivity contribution in [2.24, 2.45) is 0 Å². The van der Waals surface area contributed by atoms with Gasteiger partial charge in [-0.1, -0.05) is 30.3 Å². The maximum Gasteiger partial charge on any atom is 0.223 e. The summed E-state index contributed by atoms with van der Waals surface area (Å²) in [5.41, 5.74) is 2.12. The molecule has 5 heteroatoms. The van der Waals surface area contributed by atoms with E-state index in [1.54, 1.807) is 6.20 Å². The lowest BCUT2D eigenvalue weighted by Crippen LogP contribution is -2.07. The zero-order valence-electron chi connectivity index (χ0n) is 13.9. The molecular weight excluding hydrogens is 380 g/mol. The summed E-state index contributed by atoms with van der Waals surface area (Å²) >= 11 is 3.44. The Bertz CT molecular complexity index is 808. The summed E-state index contributed by atoms with van der Waals surface area (Å²) in [5.74, 6) is 2.12. The van der Waals surface area contributed by atoms with Gasteiger partial charge in [0.25, 0.3) is 0 Å². The van der Waals surface area contributed by atoms with E-state index in [1.165, 1.54) is 0 Å². The zero-order chi connectivity index (χ0) is 17.5. The molecule has 128 valence electrons. The van der Waals surface area contributed by atoms with Crippen LogP contribution in [0.1, 0.15) is 11.1 Å². The van der Waals surface area contributed by atoms with Crippen molar-refractivity contribution in [3.05, 3.63) is 82.5 Å². The molecule has 0 radical (unpaired) electrons. The highest BCUT2D eigenvalue weighted by Gasteiger charge is 2.07. The first-order chi connectivity index (χ1) is 12.2. The van der Waals surface area contributed by atoms with E-state index in [1.807, 2.05) is 67.7 Å². The molecule has 0 saturated carbocycles. The van der Waals surface area contributed by atoms with Crippen molar-refractivity contribution in [3.63, 3.8) is 0 Å². The smallest absolute Gasteiger partial charge is 0.223 e. The van der Waals surface area contributed by atoms with Crippen LogP contribution in [0.15, 0.2) is 71.3 Å². The van der Waals surface area contributed by atoms with Crippen molar-refractivity contribution in [1.29, 1.82) is 0 Å². The molecule has 0 bridgehead atoms. The van der Waals surface area contributed by atoms with Crippen LogP contribution in [0, 0.1) is 0 Å². The van der Waals surface area contributed by atoms with Crippen LogP contribution in [-0.2, 0) is 13.2 Å². The predicted molar refractivity (Wildman–Crippen MR) is 102 cm³/mol. The molecule has 0 amide bonds. The summed E-state index contributed by atoms with van der Waals surface area (Å²) < 4.78 is 12.6. The number of nitrogens with zero attached hydrogens (tertiary/aromatic N) is 1. The summed E-state index contributed by atoms with van der Waals surface area (Å²) in [7, 11) is 1.89. The van der Waals surface area contributed by atoms with Crippen molar-refractivity contribution in [2.45, 2.75) is 13.2 Å². The molecule has 25 heavy (non-hydrogen) atoms. The molecule has 1 aromatic heterocycles. The number of pyridine rings is 1. The Morgan fingerprint density at radius 3 is 2.44 bits per heavy atom. The third kappa shape index (κ3) is 5.05. The van der Waals surface area contributed by atoms with E-state index in [-0.39, 0.29) is 0 Å². The minimum atomic E-state index is 0.543. The lowest BCUT2D eigenvalue weighted by molar-refractivity contribution is 0.305. The summed E-state index contributed by atoms with van der Waals surface area (Å²) in [6, 6.07) is 19.6. The van der Waals surface area contributed by atoms with Crippen molar-refractivity contribution in [2.75, 3.05) is 7.05 Å². The topological polar surface area (TPSA) is 43.4 Å². The fraction of sp³-hybridized carbons (Fsp3) is 0.150. The molecule has 3 rings (SSSR count). The van der Waals surface area contributed by atoms with Crippen molar-refractivity contribution < 1.29 is 9.47 Å². The molecule has 4 nitrogen and oxygen atoms in total. The highest BCUT2D eigenvalue weighted by molar-refractivity contribution is 9.10. The molecule has 0 atom stereocenters. The molecule has 0 saturated heterocycles. The Morgan fingerprint density at radius 1 is 1.00 bits per heavy atom. The number of benzene rings is 2. The van der Waals surface area contributed by atoms with Crippen LogP contribution in [0.4, 0.5) is 0 Å². The van der Waals surface area contributed by atoms with Gasteiger partial charge in [-0.2, -0.15) is 0 Å². The average molecular weight is 399 g/mol. The first-order valence-corrected chi connectivity index (χ1v) is 8.77. The van der Waals surface area contributed by atoms with E-state index < -0.39 is 0 Å². The van der Waals surface area contributed by atoms with E-state index in [9.17, 15) is 0 Å². The highest BCUT2D eigenvalue weighted by atomic mass is 79.9. The lowest BCUT2D eigenvalue weighted by atomic mass is 10.2. The van der Waals surface area contributed by atoms with E-state index in [2.05, 4.69) is 26.2 Å². The van der Waals surface area contributed by atoms with Gasteiger partial charge in [0, 0.05) is 22.8 Å². The van der Waals surface area contributed by atoms with Gasteiger partial charge < -0.3 is 14.8 Å². The molecule has 3 aromatic rings. The maximum absolute atomic E-state index is 5.91. The molecule has 0 fully saturated rings. The molecule has 0 unspecified atom stereocenters. The third-order valence-electron chi connectivity index (χ3n) is 3.55. The van der Waals surface area contributed by atoms with E-state index in [4.69, 9.17) is 9.47 Å². The fourth-order valence-electron chi connectivity index (χ4n) is 2.33. The predicted octanol–water partition coefficient (Wildman–Crippen LogP) is 4.93. The van der Waals surface area contributed by atoms with Gasteiger partial charge in [0.15, 0.2) is 0 Å². The van der Waals surface area contributed by atoms with Gasteiger partial charge in [-0.05, 0) is 58.9 Å². The summed E-state index contributed by atoms with van der Waals surface area (Å²) in [5, 5.41) is 3.12. The van der Waals surface area contributed by atoms with Gasteiger partial charge in [0.05, 0.1) is 0 Å². The first kappa shape index (κ1) is 17.5. The second-order valence-corrected chi connectivity index (χ2v) is 6.41. The van der Waals surface area contributed by atoms with E-state index in [0.717, 1.165) is 27.1 Å². The lowest BCUT2D eigenvalue weighted by Gasteiger charge is -2.11. The number of hydrogen-bond donors (Lipinski definition) is 1. The standard InChI is InChI=1S/C20H19BrN2O2/c1-22-12-16-11-17(21)13-23-20(16)25-19-9-7-18(8-10-19)24-14-15-5-3-2-4-6-15/h2-11,13,22H,12,14H2,1H3. The number of halogens is 1. The van der Waals surface area contributed by atoms with Gasteiger partial charge in [0.2, 0.25) is 5.88 Å². The Morgan fingerprint density at radius 2 is 1.72 bits per heavy atom. The molecule has 0 aliphatic carbocycles. The number of ether oxygens (including phenoxy) is 2. The summed E-state index contributed by atoms with van der Waals surface area (Å²) in [6.45, 7) is 1.22. The van der Waals surface area contributed by atoms with Crippen LogP contribution in [-0.4, -0.2) is 12.0 Å². The molecule has 2 aromatic carbocycles.